The van der Waals surface area contributed by atoms with Gasteiger partial charge in [0.2, 0.25) is 0 Å². The lowest BCUT2D eigenvalue weighted by atomic mass is 10.0. The average molecular weight is 218 g/mol. The molecular formula is C13H15FN2. The maximum absolute atomic E-state index is 13.4. The van der Waals surface area contributed by atoms with Crippen LogP contribution in [0.25, 0.3) is 10.9 Å². The van der Waals surface area contributed by atoms with E-state index in [0.717, 1.165) is 23.1 Å². The van der Waals surface area contributed by atoms with Gasteiger partial charge in [-0.15, -0.1) is 0 Å². The van der Waals surface area contributed by atoms with Crippen molar-refractivity contribution in [3.8, 4) is 0 Å². The number of hydrogen-bond donors (Lipinski definition) is 1. The summed E-state index contributed by atoms with van der Waals surface area (Å²) < 4.78 is 13.4. The number of aromatic nitrogens is 1. The second-order valence-corrected chi connectivity index (χ2v) is 4.02. The number of anilines is 1. The summed E-state index contributed by atoms with van der Waals surface area (Å²) in [5.74, 6) is -0.231. The number of rotatable bonds is 1. The van der Waals surface area contributed by atoms with Gasteiger partial charge in [0.05, 0.1) is 5.52 Å². The average Bonchev–Trinajstić information content (AvgIpc) is 2.28. The molecule has 1 aromatic carbocycles. The van der Waals surface area contributed by atoms with Gasteiger partial charge in [0.15, 0.2) is 0 Å². The van der Waals surface area contributed by atoms with E-state index in [1.807, 2.05) is 13.8 Å². The fraction of sp³-hybridized carbons (Fsp3) is 0.308. The minimum atomic E-state index is -0.231. The molecule has 0 saturated carbocycles. The predicted molar refractivity (Wildman–Crippen MR) is 65.0 cm³/mol. The Bertz CT molecular complexity index is 562. The van der Waals surface area contributed by atoms with Gasteiger partial charge < -0.3 is 5.73 Å². The van der Waals surface area contributed by atoms with Crippen LogP contribution in [-0.2, 0) is 6.42 Å². The first-order valence-corrected chi connectivity index (χ1v) is 5.40. The maximum atomic E-state index is 13.4. The van der Waals surface area contributed by atoms with E-state index in [1.54, 1.807) is 13.0 Å². The number of nitrogen functional groups attached to an aromatic ring is 1. The van der Waals surface area contributed by atoms with Crippen LogP contribution >= 0.6 is 0 Å². The van der Waals surface area contributed by atoms with Gasteiger partial charge in [-0.1, -0.05) is 6.92 Å². The fourth-order valence-corrected chi connectivity index (χ4v) is 1.96. The molecule has 0 aliphatic carbocycles. The number of nitrogens with zero attached hydrogens (tertiary/aromatic N) is 1. The Morgan fingerprint density at radius 1 is 1.25 bits per heavy atom. The Morgan fingerprint density at radius 2 is 1.94 bits per heavy atom. The molecule has 0 unspecified atom stereocenters. The molecule has 0 spiro atoms. The Balaban J connectivity index is 2.93. The molecule has 2 aromatic rings. The lowest BCUT2D eigenvalue weighted by Crippen LogP contribution is -2.02. The van der Waals surface area contributed by atoms with Crippen LogP contribution in [0.4, 0.5) is 10.1 Å². The van der Waals surface area contributed by atoms with Crippen LogP contribution < -0.4 is 5.73 Å². The molecule has 84 valence electrons. The summed E-state index contributed by atoms with van der Waals surface area (Å²) in [6.07, 6.45) is 0.807. The van der Waals surface area contributed by atoms with Crippen molar-refractivity contribution in [1.82, 2.24) is 4.98 Å². The molecule has 0 saturated heterocycles. The maximum Gasteiger partial charge on any atom is 0.128 e. The van der Waals surface area contributed by atoms with Crippen LogP contribution in [0.3, 0.4) is 0 Å². The number of nitrogens with two attached hydrogens (primary N) is 1. The van der Waals surface area contributed by atoms with Gasteiger partial charge in [0.25, 0.3) is 0 Å². The lowest BCUT2D eigenvalue weighted by molar-refractivity contribution is 0.620. The van der Waals surface area contributed by atoms with Crippen molar-refractivity contribution in [1.29, 1.82) is 0 Å². The molecule has 0 aliphatic rings. The second-order valence-electron chi connectivity index (χ2n) is 4.02. The van der Waals surface area contributed by atoms with Gasteiger partial charge in [-0.05, 0) is 38.0 Å². The molecule has 2 rings (SSSR count). The van der Waals surface area contributed by atoms with Crippen LogP contribution in [-0.4, -0.2) is 4.98 Å². The van der Waals surface area contributed by atoms with E-state index < -0.39 is 0 Å². The van der Waals surface area contributed by atoms with Crippen LogP contribution in [0.5, 0.6) is 0 Å². The van der Waals surface area contributed by atoms with E-state index in [-0.39, 0.29) is 5.82 Å². The summed E-state index contributed by atoms with van der Waals surface area (Å²) >= 11 is 0. The summed E-state index contributed by atoms with van der Waals surface area (Å²) in [5.41, 5.74) is 9.96. The van der Waals surface area contributed by atoms with Crippen molar-refractivity contribution in [2.45, 2.75) is 27.2 Å². The number of aryl methyl sites for hydroxylation is 2. The summed E-state index contributed by atoms with van der Waals surface area (Å²) in [7, 11) is 0. The zero-order valence-corrected chi connectivity index (χ0v) is 9.76. The van der Waals surface area contributed by atoms with Crippen molar-refractivity contribution in [2.24, 2.45) is 0 Å². The summed E-state index contributed by atoms with van der Waals surface area (Å²) in [6.45, 7) is 5.72. The highest BCUT2D eigenvalue weighted by molar-refractivity contribution is 5.93. The van der Waals surface area contributed by atoms with Crippen LogP contribution in [0.2, 0.25) is 0 Å². The van der Waals surface area contributed by atoms with E-state index in [0.29, 0.717) is 16.8 Å². The molecule has 3 heteroatoms. The SMILES string of the molecule is CCc1nc2c(C)c(F)ccc2c(N)c1C. The quantitative estimate of drug-likeness (QED) is 0.798. The minimum Gasteiger partial charge on any atom is -0.398 e. The summed E-state index contributed by atoms with van der Waals surface area (Å²) in [4.78, 5) is 4.49. The molecule has 1 heterocycles. The molecule has 2 N–H and O–H groups in total. The summed E-state index contributed by atoms with van der Waals surface area (Å²) in [5, 5.41) is 0.841. The first-order valence-electron chi connectivity index (χ1n) is 5.40. The molecular weight excluding hydrogens is 203 g/mol. The van der Waals surface area contributed by atoms with Crippen molar-refractivity contribution >= 4 is 16.6 Å². The number of halogens is 1. The van der Waals surface area contributed by atoms with Gasteiger partial charge >= 0.3 is 0 Å². The molecule has 1 aromatic heterocycles. The van der Waals surface area contributed by atoms with E-state index >= 15 is 0 Å². The highest BCUT2D eigenvalue weighted by Gasteiger charge is 2.11. The molecule has 0 aliphatic heterocycles. The molecule has 16 heavy (non-hydrogen) atoms. The second kappa shape index (κ2) is 3.74. The number of pyridine rings is 1. The van der Waals surface area contributed by atoms with Gasteiger partial charge in [-0.2, -0.15) is 0 Å². The first kappa shape index (κ1) is 10.9. The van der Waals surface area contributed by atoms with E-state index in [4.69, 9.17) is 5.73 Å². The van der Waals surface area contributed by atoms with E-state index in [2.05, 4.69) is 4.98 Å². The monoisotopic (exact) mass is 218 g/mol. The van der Waals surface area contributed by atoms with Crippen molar-refractivity contribution < 1.29 is 4.39 Å². The van der Waals surface area contributed by atoms with Crippen molar-refractivity contribution in [3.05, 3.63) is 34.8 Å². The minimum absolute atomic E-state index is 0.231. The van der Waals surface area contributed by atoms with Gasteiger partial charge in [0.1, 0.15) is 5.82 Å². The van der Waals surface area contributed by atoms with Crippen molar-refractivity contribution in [3.63, 3.8) is 0 Å². The Kier molecular flexibility index (Phi) is 2.54. The number of fused-ring (bicyclic) bond motifs is 1. The van der Waals surface area contributed by atoms with E-state index in [9.17, 15) is 4.39 Å². The molecule has 0 radical (unpaired) electrons. The summed E-state index contributed by atoms with van der Waals surface area (Å²) in [6, 6.07) is 3.15. The van der Waals surface area contributed by atoms with Crippen LogP contribution in [0.15, 0.2) is 12.1 Å². The topological polar surface area (TPSA) is 38.9 Å². The third kappa shape index (κ3) is 1.43. The zero-order valence-electron chi connectivity index (χ0n) is 9.76. The smallest absolute Gasteiger partial charge is 0.128 e. The van der Waals surface area contributed by atoms with Crippen LogP contribution in [0.1, 0.15) is 23.7 Å². The molecule has 0 atom stereocenters. The lowest BCUT2D eigenvalue weighted by Gasteiger charge is -2.11. The predicted octanol–water partition coefficient (Wildman–Crippen LogP) is 3.14. The molecule has 0 amide bonds. The Labute approximate surface area is 94.3 Å². The standard InChI is InChI=1S/C13H15FN2/c1-4-11-8(3)12(15)9-5-6-10(14)7(2)13(9)16-11/h5-6H,4H2,1-3H3,(H2,15,16). The highest BCUT2D eigenvalue weighted by atomic mass is 19.1. The Hall–Kier alpha value is -1.64. The molecule has 0 fully saturated rings. The van der Waals surface area contributed by atoms with E-state index in [1.165, 1.54) is 6.07 Å². The molecule has 2 nitrogen and oxygen atoms in total. The normalized spacial score (nSPS) is 11.0. The third-order valence-corrected chi connectivity index (χ3v) is 3.07. The fourth-order valence-electron chi connectivity index (χ4n) is 1.96. The highest BCUT2D eigenvalue weighted by Crippen LogP contribution is 2.28. The number of hydrogen-bond acceptors (Lipinski definition) is 2. The first-order chi connectivity index (χ1) is 7.56. The van der Waals surface area contributed by atoms with Crippen LogP contribution in [0, 0.1) is 19.7 Å². The van der Waals surface area contributed by atoms with Gasteiger partial charge in [0, 0.05) is 22.3 Å². The third-order valence-electron chi connectivity index (χ3n) is 3.07. The Morgan fingerprint density at radius 3 is 2.56 bits per heavy atom. The molecule has 0 bridgehead atoms. The largest absolute Gasteiger partial charge is 0.398 e. The number of benzene rings is 1. The van der Waals surface area contributed by atoms with Gasteiger partial charge in [-0.3, -0.25) is 4.98 Å². The zero-order chi connectivity index (χ0) is 11.9. The van der Waals surface area contributed by atoms with Gasteiger partial charge in [-0.25, -0.2) is 4.39 Å². The van der Waals surface area contributed by atoms with Crippen molar-refractivity contribution in [2.75, 3.05) is 5.73 Å².